The summed E-state index contributed by atoms with van der Waals surface area (Å²) in [6.07, 6.45) is 9.02. The second-order valence-electron chi connectivity index (χ2n) is 18.6. The molecule has 8 rings (SSSR count). The van der Waals surface area contributed by atoms with E-state index in [9.17, 15) is 0 Å². The quantitative estimate of drug-likeness (QED) is 0.101. The van der Waals surface area contributed by atoms with Gasteiger partial charge < -0.3 is 0 Å². The predicted molar refractivity (Wildman–Crippen MR) is 264 cm³/mol. The molecular formula is C56H61Cl2SiZr. The Bertz CT molecular complexity index is 2420. The average molecular weight is 924 g/mol. The van der Waals surface area contributed by atoms with Crippen LogP contribution in [0.1, 0.15) is 95.0 Å². The second kappa shape index (κ2) is 17.3. The maximum atomic E-state index is 9.11. The fourth-order valence-electron chi connectivity index (χ4n) is 10.9. The molecule has 60 heavy (non-hydrogen) atoms. The molecule has 0 aromatic heterocycles. The van der Waals surface area contributed by atoms with Crippen molar-refractivity contribution in [3.05, 3.63) is 178 Å². The zero-order valence-corrected chi connectivity index (χ0v) is 42.0. The fourth-order valence-corrected chi connectivity index (χ4v) is 42.3. The molecule has 0 amide bonds. The molecule has 0 nitrogen and oxygen atoms in total. The fraction of sp³-hybridized carbons (Fsp3) is 0.286. The van der Waals surface area contributed by atoms with Gasteiger partial charge in [0.05, 0.1) is 0 Å². The third-order valence-corrected chi connectivity index (χ3v) is 65.4. The van der Waals surface area contributed by atoms with Crippen LogP contribution in [0.2, 0.25) is 13.1 Å². The predicted octanol–water partition coefficient (Wildman–Crippen LogP) is 17.1. The van der Waals surface area contributed by atoms with Gasteiger partial charge in [0.15, 0.2) is 0 Å². The summed E-state index contributed by atoms with van der Waals surface area (Å²) in [5.41, 5.74) is 21.4. The molecule has 0 saturated carbocycles. The molecule has 2 atom stereocenters. The van der Waals surface area contributed by atoms with Gasteiger partial charge in [-0.15, -0.1) is 0 Å². The first kappa shape index (κ1) is 43.1. The van der Waals surface area contributed by atoms with Crippen molar-refractivity contribution >= 4 is 35.1 Å². The van der Waals surface area contributed by atoms with Gasteiger partial charge in [-0.05, 0) is 0 Å². The van der Waals surface area contributed by atoms with Crippen molar-refractivity contribution in [3.8, 4) is 44.5 Å². The van der Waals surface area contributed by atoms with Crippen LogP contribution in [0, 0.1) is 11.8 Å². The van der Waals surface area contributed by atoms with Crippen molar-refractivity contribution in [2.45, 2.75) is 87.6 Å². The van der Waals surface area contributed by atoms with Crippen LogP contribution in [0.4, 0.5) is 0 Å². The average Bonchev–Trinajstić information content (AvgIpc) is 3.81. The summed E-state index contributed by atoms with van der Waals surface area (Å²) < 4.78 is 0.0644. The number of aryl methyl sites for hydroxylation is 2. The van der Waals surface area contributed by atoms with E-state index in [-0.39, 0.29) is 7.25 Å². The van der Waals surface area contributed by atoms with Crippen LogP contribution >= 0.6 is 17.0 Å². The maximum absolute atomic E-state index is 9.11. The third kappa shape index (κ3) is 7.46. The van der Waals surface area contributed by atoms with E-state index in [1.807, 2.05) is 0 Å². The van der Waals surface area contributed by atoms with E-state index in [0.717, 1.165) is 25.7 Å². The van der Waals surface area contributed by atoms with E-state index < -0.39 is 21.5 Å². The number of rotatable bonds is 13. The summed E-state index contributed by atoms with van der Waals surface area (Å²) in [6.45, 7) is 19.0. The van der Waals surface area contributed by atoms with E-state index in [2.05, 4.69) is 200 Å². The first-order chi connectivity index (χ1) is 28.9. The van der Waals surface area contributed by atoms with Gasteiger partial charge in [0, 0.05) is 0 Å². The van der Waals surface area contributed by atoms with E-state index in [4.69, 9.17) is 17.0 Å². The van der Waals surface area contributed by atoms with Crippen LogP contribution in [-0.2, 0) is 28.4 Å². The van der Waals surface area contributed by atoms with Crippen LogP contribution in [0.5, 0.6) is 0 Å². The molecular weight excluding hydrogens is 863 g/mol. The van der Waals surface area contributed by atoms with Crippen LogP contribution in [0.15, 0.2) is 145 Å². The molecule has 0 N–H and O–H groups in total. The number of halogens is 2. The zero-order valence-electron chi connectivity index (χ0n) is 36.8. The number of hydrogen-bond donors (Lipinski definition) is 0. The molecule has 2 aliphatic carbocycles. The number of allylic oxidation sites excluding steroid dienone is 2. The summed E-state index contributed by atoms with van der Waals surface area (Å²) in [6, 6.07) is 49.5. The molecule has 2 aliphatic rings. The number of benzene rings is 6. The first-order valence-corrected chi connectivity index (χ1v) is 38.8. The Morgan fingerprint density at radius 1 is 0.483 bits per heavy atom. The topological polar surface area (TPSA) is 0 Å². The van der Waals surface area contributed by atoms with Gasteiger partial charge in [-0.3, -0.25) is 0 Å². The molecule has 0 bridgehead atoms. The van der Waals surface area contributed by atoms with Crippen molar-refractivity contribution in [2.24, 2.45) is 11.8 Å². The Balaban J connectivity index is 1.40. The normalized spacial score (nSPS) is 16.8. The number of hydrogen-bond acceptors (Lipinski definition) is 0. The van der Waals surface area contributed by atoms with Crippen LogP contribution in [0.25, 0.3) is 56.7 Å². The third-order valence-electron chi connectivity index (χ3n) is 13.6. The van der Waals surface area contributed by atoms with E-state index in [0.29, 0.717) is 11.8 Å². The van der Waals surface area contributed by atoms with Crippen molar-refractivity contribution in [3.63, 3.8) is 0 Å². The molecule has 0 aliphatic heterocycles. The second-order valence-corrected chi connectivity index (χ2v) is 61.1. The van der Waals surface area contributed by atoms with Crippen LogP contribution in [0.3, 0.4) is 0 Å². The standard InChI is InChI=1S/2C27H27.C2H7Si.2ClH.Zr/c2*1-4-21-14-15-23-17-20(16-19(2)3)18-26(23)27(21)25-13-9-8-12-24(25)22-10-6-5-7-11-22;1-3-2;;;/h2*5-15,17-19H,4,16H2,1-3H3;3H,1-2H3;2*1H;/q;;;;;+2/p-2. The molecule has 6 aromatic carbocycles. The summed E-state index contributed by atoms with van der Waals surface area (Å²) >= 11 is -5.12. The van der Waals surface area contributed by atoms with E-state index >= 15 is 0 Å². The molecule has 4 heteroatoms. The van der Waals surface area contributed by atoms with Gasteiger partial charge in [0.1, 0.15) is 0 Å². The minimum atomic E-state index is -5.12. The van der Waals surface area contributed by atoms with E-state index in [1.165, 1.54) is 89.0 Å². The monoisotopic (exact) mass is 921 g/mol. The Labute approximate surface area is 369 Å². The van der Waals surface area contributed by atoms with Gasteiger partial charge in [-0.25, -0.2) is 0 Å². The summed E-state index contributed by atoms with van der Waals surface area (Å²) in [4.78, 5) is 0. The first-order valence-electron chi connectivity index (χ1n) is 22.5. The van der Waals surface area contributed by atoms with Crippen molar-refractivity contribution in [1.29, 1.82) is 0 Å². The molecule has 307 valence electrons. The summed E-state index contributed by atoms with van der Waals surface area (Å²) in [5, 5.41) is 0. The molecule has 2 unspecified atom stereocenters. The molecule has 0 spiro atoms. The molecule has 0 saturated heterocycles. The van der Waals surface area contributed by atoms with Crippen molar-refractivity contribution < 1.29 is 15.6 Å². The Hall–Kier alpha value is -3.52. The SMILES string of the molecule is CCc1ccc2c(c1-c1ccccc1-c1ccccc1)C=C(CC(C)C)[CH]2[Zr]([Cl])([Cl])([CH]1C(CC(C)C)=Cc2c1ccc(CC)c2-c1ccccc1-c1ccccc1)[SiH](C)C. The molecule has 0 radical (unpaired) electrons. The molecule has 0 fully saturated rings. The van der Waals surface area contributed by atoms with Crippen molar-refractivity contribution in [2.75, 3.05) is 0 Å². The minimum absolute atomic E-state index is 0.0322. The van der Waals surface area contributed by atoms with Gasteiger partial charge in [0.25, 0.3) is 0 Å². The van der Waals surface area contributed by atoms with Crippen molar-refractivity contribution in [1.82, 2.24) is 0 Å². The zero-order chi connectivity index (χ0) is 42.4. The molecule has 0 heterocycles. The van der Waals surface area contributed by atoms with Gasteiger partial charge >= 0.3 is 373 Å². The Morgan fingerprint density at radius 2 is 0.833 bits per heavy atom. The van der Waals surface area contributed by atoms with Gasteiger partial charge in [0.2, 0.25) is 0 Å². The number of fused-ring (bicyclic) bond motifs is 2. The van der Waals surface area contributed by atoms with Gasteiger partial charge in [-0.1, -0.05) is 0 Å². The Morgan fingerprint density at radius 3 is 1.17 bits per heavy atom. The van der Waals surface area contributed by atoms with Crippen LogP contribution < -0.4 is 0 Å². The van der Waals surface area contributed by atoms with Gasteiger partial charge in [-0.2, -0.15) is 0 Å². The Kier molecular flexibility index (Phi) is 12.5. The molecule has 6 aromatic rings. The summed E-state index contributed by atoms with van der Waals surface area (Å²) in [5.74, 6) is -0.849. The van der Waals surface area contributed by atoms with E-state index in [1.54, 1.807) is 0 Å². The summed E-state index contributed by atoms with van der Waals surface area (Å²) in [7, 11) is 18.2. The van der Waals surface area contributed by atoms with Crippen LogP contribution in [-0.4, -0.2) is 5.92 Å².